The van der Waals surface area contributed by atoms with Gasteiger partial charge in [-0.05, 0) is 6.42 Å². The average molecular weight is 257 g/mol. The fourth-order valence-electron chi connectivity index (χ4n) is 1.37. The van der Waals surface area contributed by atoms with Crippen LogP contribution in [0.3, 0.4) is 0 Å². The zero-order valence-electron chi connectivity index (χ0n) is 9.80. The van der Waals surface area contributed by atoms with Crippen LogP contribution in [-0.2, 0) is 0 Å². The molecule has 5 N–H and O–H groups in total. The lowest BCUT2D eigenvalue weighted by molar-refractivity contribution is 0.0631. The number of aliphatic hydroxyl groups is 2. The lowest BCUT2D eigenvalue weighted by Gasteiger charge is -2.29. The first-order chi connectivity index (χ1) is 8.49. The first-order valence-electron chi connectivity index (χ1n) is 5.30. The van der Waals surface area contributed by atoms with Gasteiger partial charge in [0.1, 0.15) is 0 Å². The van der Waals surface area contributed by atoms with E-state index in [1.54, 1.807) is 6.92 Å². The van der Waals surface area contributed by atoms with Crippen LogP contribution in [0.5, 0.6) is 0 Å². The van der Waals surface area contributed by atoms with Crippen molar-refractivity contribution in [2.24, 2.45) is 0 Å². The summed E-state index contributed by atoms with van der Waals surface area (Å²) in [7, 11) is 0. The number of aromatic amines is 1. The number of nitrogens with one attached hydrogen (secondary N) is 2. The summed E-state index contributed by atoms with van der Waals surface area (Å²) in [6.45, 7) is 0.756. The zero-order valence-corrected chi connectivity index (χ0v) is 9.80. The van der Waals surface area contributed by atoms with Gasteiger partial charge in [0.25, 0.3) is 5.91 Å². The minimum Gasteiger partial charge on any atom is -0.477 e. The molecule has 0 fully saturated rings. The molecule has 0 atom stereocenters. The standard InChI is InChI=1S/C10H15N3O5/c1-2-10(3-14,4-15)13-8(16)6-7(9(17)18)12-5-11-6/h5,14-15H,2-4H2,1H3,(H,11,12)(H,13,16)(H,17,18). The number of aliphatic hydroxyl groups excluding tert-OH is 2. The summed E-state index contributed by atoms with van der Waals surface area (Å²) < 4.78 is 0. The van der Waals surface area contributed by atoms with Crippen molar-refractivity contribution in [1.82, 2.24) is 15.3 Å². The topological polar surface area (TPSA) is 136 Å². The van der Waals surface area contributed by atoms with E-state index in [1.165, 1.54) is 0 Å². The van der Waals surface area contributed by atoms with E-state index in [0.29, 0.717) is 6.42 Å². The molecule has 0 aliphatic heterocycles. The number of hydrogen-bond donors (Lipinski definition) is 5. The van der Waals surface area contributed by atoms with Crippen molar-refractivity contribution in [1.29, 1.82) is 0 Å². The van der Waals surface area contributed by atoms with E-state index in [9.17, 15) is 19.8 Å². The third kappa shape index (κ3) is 2.66. The smallest absolute Gasteiger partial charge is 0.354 e. The van der Waals surface area contributed by atoms with E-state index in [1.807, 2.05) is 0 Å². The van der Waals surface area contributed by atoms with Crippen molar-refractivity contribution in [3.05, 3.63) is 17.7 Å². The molecule has 1 heterocycles. The minimum absolute atomic E-state index is 0.290. The number of H-pyrrole nitrogens is 1. The number of imidazole rings is 1. The van der Waals surface area contributed by atoms with Gasteiger partial charge in [0.15, 0.2) is 11.4 Å². The Balaban J connectivity index is 2.94. The molecule has 0 aliphatic carbocycles. The molecule has 1 aromatic rings. The molecule has 8 nitrogen and oxygen atoms in total. The number of carbonyl (C=O) groups is 2. The highest BCUT2D eigenvalue weighted by molar-refractivity contribution is 6.02. The van der Waals surface area contributed by atoms with Crippen LogP contribution in [0.2, 0.25) is 0 Å². The zero-order chi connectivity index (χ0) is 13.8. The van der Waals surface area contributed by atoms with Crippen LogP contribution >= 0.6 is 0 Å². The third-order valence-electron chi connectivity index (χ3n) is 2.73. The number of aromatic nitrogens is 2. The average Bonchev–Trinajstić information content (AvgIpc) is 2.85. The molecule has 100 valence electrons. The van der Waals surface area contributed by atoms with Crippen molar-refractivity contribution in [3.63, 3.8) is 0 Å². The number of nitrogens with zero attached hydrogens (tertiary/aromatic N) is 1. The Morgan fingerprint density at radius 3 is 2.50 bits per heavy atom. The molecule has 18 heavy (non-hydrogen) atoms. The molecular weight excluding hydrogens is 242 g/mol. The quantitative estimate of drug-likeness (QED) is 0.442. The molecule has 1 amide bonds. The van der Waals surface area contributed by atoms with Gasteiger partial charge in [0.05, 0.1) is 25.1 Å². The molecule has 1 aromatic heterocycles. The van der Waals surface area contributed by atoms with Crippen LogP contribution in [0.15, 0.2) is 6.33 Å². The van der Waals surface area contributed by atoms with Crippen molar-refractivity contribution >= 4 is 11.9 Å². The highest BCUT2D eigenvalue weighted by atomic mass is 16.4. The van der Waals surface area contributed by atoms with E-state index < -0.39 is 30.6 Å². The number of carbonyl (C=O) groups excluding carboxylic acids is 1. The first-order valence-corrected chi connectivity index (χ1v) is 5.30. The van der Waals surface area contributed by atoms with Crippen LogP contribution in [0.4, 0.5) is 0 Å². The number of hydrogen-bond acceptors (Lipinski definition) is 5. The number of amides is 1. The molecule has 0 bridgehead atoms. The summed E-state index contributed by atoms with van der Waals surface area (Å²) in [6.07, 6.45) is 1.38. The van der Waals surface area contributed by atoms with Crippen LogP contribution < -0.4 is 5.32 Å². The van der Waals surface area contributed by atoms with Gasteiger partial charge in [-0.15, -0.1) is 0 Å². The summed E-state index contributed by atoms with van der Waals surface area (Å²) in [4.78, 5) is 28.6. The summed E-state index contributed by atoms with van der Waals surface area (Å²) >= 11 is 0. The van der Waals surface area contributed by atoms with Gasteiger partial charge in [0.2, 0.25) is 0 Å². The number of carboxylic acid groups (broad SMARTS) is 1. The van der Waals surface area contributed by atoms with Gasteiger partial charge in [-0.1, -0.05) is 6.92 Å². The molecule has 0 saturated carbocycles. The van der Waals surface area contributed by atoms with Gasteiger partial charge in [-0.3, -0.25) is 4.79 Å². The monoisotopic (exact) mass is 257 g/mol. The molecule has 0 spiro atoms. The second-order valence-corrected chi connectivity index (χ2v) is 3.84. The highest BCUT2D eigenvalue weighted by Gasteiger charge is 2.31. The van der Waals surface area contributed by atoms with Crippen molar-refractivity contribution in [2.75, 3.05) is 13.2 Å². The van der Waals surface area contributed by atoms with Crippen LogP contribution in [-0.4, -0.2) is 55.9 Å². The molecule has 0 aliphatic rings. The van der Waals surface area contributed by atoms with Gasteiger partial charge in [0, 0.05) is 0 Å². The summed E-state index contributed by atoms with van der Waals surface area (Å²) in [6, 6.07) is 0. The van der Waals surface area contributed by atoms with Crippen LogP contribution in [0.25, 0.3) is 0 Å². The fourth-order valence-corrected chi connectivity index (χ4v) is 1.37. The molecule has 0 radical (unpaired) electrons. The Kier molecular flexibility index (Phi) is 4.40. The maximum Gasteiger partial charge on any atom is 0.354 e. The first kappa shape index (κ1) is 14.1. The van der Waals surface area contributed by atoms with E-state index in [4.69, 9.17) is 5.11 Å². The lowest BCUT2D eigenvalue weighted by Crippen LogP contribution is -2.54. The Bertz CT molecular complexity index is 430. The Morgan fingerprint density at radius 2 is 2.06 bits per heavy atom. The maximum absolute atomic E-state index is 11.8. The normalized spacial score (nSPS) is 11.3. The van der Waals surface area contributed by atoms with E-state index in [0.717, 1.165) is 6.33 Å². The molecule has 0 aromatic carbocycles. The SMILES string of the molecule is CCC(CO)(CO)NC(=O)c1nc[nH]c1C(=O)O. The van der Waals surface area contributed by atoms with Gasteiger partial charge < -0.3 is 25.6 Å². The van der Waals surface area contributed by atoms with Gasteiger partial charge >= 0.3 is 5.97 Å². The van der Waals surface area contributed by atoms with Crippen molar-refractivity contribution in [2.45, 2.75) is 18.9 Å². The van der Waals surface area contributed by atoms with E-state index in [-0.39, 0.29) is 11.4 Å². The summed E-state index contributed by atoms with van der Waals surface area (Å²) in [5.74, 6) is -2.08. The maximum atomic E-state index is 11.8. The van der Waals surface area contributed by atoms with Gasteiger partial charge in [-0.2, -0.15) is 0 Å². The van der Waals surface area contributed by atoms with Crippen LogP contribution in [0, 0.1) is 0 Å². The van der Waals surface area contributed by atoms with Gasteiger partial charge in [-0.25, -0.2) is 9.78 Å². The number of carboxylic acids is 1. The van der Waals surface area contributed by atoms with Crippen molar-refractivity contribution < 1.29 is 24.9 Å². The second-order valence-electron chi connectivity index (χ2n) is 3.84. The highest BCUT2D eigenvalue weighted by Crippen LogP contribution is 2.11. The third-order valence-corrected chi connectivity index (χ3v) is 2.73. The minimum atomic E-state index is -1.31. The molecule has 0 unspecified atom stereocenters. The Morgan fingerprint density at radius 1 is 1.44 bits per heavy atom. The molecule has 0 saturated heterocycles. The Hall–Kier alpha value is -1.93. The summed E-state index contributed by atoms with van der Waals surface area (Å²) in [5.41, 5.74) is -1.82. The van der Waals surface area contributed by atoms with E-state index in [2.05, 4.69) is 15.3 Å². The van der Waals surface area contributed by atoms with E-state index >= 15 is 0 Å². The predicted molar refractivity (Wildman–Crippen MR) is 60.2 cm³/mol. The van der Waals surface area contributed by atoms with Crippen LogP contribution in [0.1, 0.15) is 34.3 Å². The number of rotatable bonds is 6. The van der Waals surface area contributed by atoms with Crippen molar-refractivity contribution in [3.8, 4) is 0 Å². The molecule has 8 heteroatoms. The molecular formula is C10H15N3O5. The lowest BCUT2D eigenvalue weighted by atomic mass is 9.98. The number of aromatic carboxylic acids is 1. The second kappa shape index (κ2) is 5.61. The predicted octanol–water partition coefficient (Wildman–Crippen LogP) is -1.03. The summed E-state index contributed by atoms with van der Waals surface area (Å²) in [5, 5.41) is 29.6. The fraction of sp³-hybridized carbons (Fsp3) is 0.500. The Labute approximate surface area is 103 Å². The molecule has 1 rings (SSSR count). The largest absolute Gasteiger partial charge is 0.477 e.